The lowest BCUT2D eigenvalue weighted by atomic mass is 10.1. The smallest absolute Gasteiger partial charge is 0.339 e. The van der Waals surface area contributed by atoms with Crippen LogP contribution in [-0.2, 0) is 11.3 Å². The van der Waals surface area contributed by atoms with Crippen LogP contribution in [0.25, 0.3) is 0 Å². The predicted molar refractivity (Wildman–Crippen MR) is 106 cm³/mol. The quantitative estimate of drug-likeness (QED) is 0.807. The first-order valence-corrected chi connectivity index (χ1v) is 9.58. The Balaban J connectivity index is 1.59. The van der Waals surface area contributed by atoms with Crippen LogP contribution in [0.15, 0.2) is 48.5 Å². The summed E-state index contributed by atoms with van der Waals surface area (Å²) in [7, 11) is 0. The van der Waals surface area contributed by atoms with Crippen molar-refractivity contribution >= 4 is 11.9 Å². The van der Waals surface area contributed by atoms with Crippen LogP contribution < -0.4 is 4.74 Å². The number of carbonyl (C=O) groups is 2. The van der Waals surface area contributed by atoms with Crippen LogP contribution in [0.5, 0.6) is 5.75 Å². The van der Waals surface area contributed by atoms with Crippen LogP contribution in [0.1, 0.15) is 29.8 Å². The summed E-state index contributed by atoms with van der Waals surface area (Å²) >= 11 is 0. The van der Waals surface area contributed by atoms with E-state index in [9.17, 15) is 19.1 Å². The highest BCUT2D eigenvalue weighted by Crippen LogP contribution is 2.21. The lowest BCUT2D eigenvalue weighted by molar-refractivity contribution is -0.139. The van der Waals surface area contributed by atoms with Gasteiger partial charge in [0.15, 0.2) is 6.61 Å². The Morgan fingerprint density at radius 1 is 1.07 bits per heavy atom. The van der Waals surface area contributed by atoms with Gasteiger partial charge in [0.1, 0.15) is 17.1 Å². The van der Waals surface area contributed by atoms with Gasteiger partial charge in [0.05, 0.1) is 0 Å². The number of amides is 1. The first kappa shape index (κ1) is 20.8. The standard InChI is InChI=1S/C22H25FN2O4/c1-15-12-25(16(2)11-24(15)13-17-7-9-18(23)10-8-17)21(26)14-29-20-6-4-3-5-19(20)22(27)28/h3-10,15-16H,11-14H2,1-2H3,(H,27,28)/t15-,16+/m1/s1. The molecule has 0 unspecified atom stereocenters. The average molecular weight is 400 g/mol. The molecule has 6 nitrogen and oxygen atoms in total. The van der Waals surface area contributed by atoms with Gasteiger partial charge in [-0.2, -0.15) is 0 Å². The molecule has 0 saturated carbocycles. The van der Waals surface area contributed by atoms with E-state index < -0.39 is 5.97 Å². The zero-order valence-electron chi connectivity index (χ0n) is 16.5. The maximum atomic E-state index is 13.1. The zero-order chi connectivity index (χ0) is 21.0. The SMILES string of the molecule is C[C@@H]1CN(C(=O)COc2ccccc2C(=O)O)[C@@H](C)CN1Cc1ccc(F)cc1. The first-order chi connectivity index (χ1) is 13.8. The van der Waals surface area contributed by atoms with E-state index >= 15 is 0 Å². The number of nitrogens with zero attached hydrogens (tertiary/aromatic N) is 2. The highest BCUT2D eigenvalue weighted by Gasteiger charge is 2.32. The Labute approximate surface area is 169 Å². The van der Waals surface area contributed by atoms with E-state index in [0.29, 0.717) is 19.6 Å². The lowest BCUT2D eigenvalue weighted by Gasteiger charge is -2.44. The predicted octanol–water partition coefficient (Wildman–Crippen LogP) is 3.02. The van der Waals surface area contributed by atoms with Gasteiger partial charge in [-0.1, -0.05) is 24.3 Å². The number of ether oxygens (including phenoxy) is 1. The monoisotopic (exact) mass is 400 g/mol. The molecule has 2 atom stereocenters. The fourth-order valence-electron chi connectivity index (χ4n) is 3.58. The van der Waals surface area contributed by atoms with Crippen molar-refractivity contribution in [1.29, 1.82) is 0 Å². The third-order valence-electron chi connectivity index (χ3n) is 5.20. The Bertz CT molecular complexity index is 871. The molecule has 29 heavy (non-hydrogen) atoms. The van der Waals surface area contributed by atoms with E-state index in [2.05, 4.69) is 11.8 Å². The normalized spacial score (nSPS) is 19.8. The molecule has 1 aliphatic heterocycles. The summed E-state index contributed by atoms with van der Waals surface area (Å²) in [6.07, 6.45) is 0. The average Bonchev–Trinajstić information content (AvgIpc) is 2.70. The van der Waals surface area contributed by atoms with Crippen molar-refractivity contribution in [2.45, 2.75) is 32.5 Å². The molecule has 3 rings (SSSR count). The first-order valence-electron chi connectivity index (χ1n) is 9.58. The van der Waals surface area contributed by atoms with E-state index in [0.717, 1.165) is 5.56 Å². The van der Waals surface area contributed by atoms with E-state index in [-0.39, 0.29) is 41.7 Å². The van der Waals surface area contributed by atoms with Gasteiger partial charge in [0.25, 0.3) is 5.91 Å². The number of carboxylic acids is 1. The summed E-state index contributed by atoms with van der Waals surface area (Å²) < 4.78 is 18.6. The molecule has 0 radical (unpaired) electrons. The molecule has 0 aromatic heterocycles. The Kier molecular flexibility index (Phi) is 6.49. The van der Waals surface area contributed by atoms with Gasteiger partial charge in [-0.05, 0) is 43.7 Å². The topological polar surface area (TPSA) is 70.1 Å². The van der Waals surface area contributed by atoms with Gasteiger partial charge in [-0.15, -0.1) is 0 Å². The molecule has 1 heterocycles. The summed E-state index contributed by atoms with van der Waals surface area (Å²) in [5, 5.41) is 9.22. The summed E-state index contributed by atoms with van der Waals surface area (Å²) in [4.78, 5) is 28.0. The lowest BCUT2D eigenvalue weighted by Crippen LogP contribution is -2.58. The van der Waals surface area contributed by atoms with Gasteiger partial charge < -0.3 is 14.7 Å². The summed E-state index contributed by atoms with van der Waals surface area (Å²) in [6.45, 7) is 5.75. The molecule has 2 aromatic carbocycles. The number of hydrogen-bond acceptors (Lipinski definition) is 4. The molecule has 1 amide bonds. The van der Waals surface area contributed by atoms with Crippen molar-refractivity contribution in [2.24, 2.45) is 0 Å². The molecule has 1 fully saturated rings. The highest BCUT2D eigenvalue weighted by molar-refractivity contribution is 5.91. The van der Waals surface area contributed by atoms with Crippen molar-refractivity contribution in [2.75, 3.05) is 19.7 Å². The van der Waals surface area contributed by atoms with E-state index in [1.54, 1.807) is 35.2 Å². The molecule has 0 aliphatic carbocycles. The van der Waals surface area contributed by atoms with Gasteiger partial charge in [0.2, 0.25) is 0 Å². The number of carboxylic acid groups (broad SMARTS) is 1. The summed E-state index contributed by atoms with van der Waals surface area (Å²) in [6, 6.07) is 12.8. The Morgan fingerprint density at radius 3 is 2.45 bits per heavy atom. The van der Waals surface area contributed by atoms with Crippen molar-refractivity contribution in [3.8, 4) is 5.75 Å². The van der Waals surface area contributed by atoms with Crippen LogP contribution in [0.2, 0.25) is 0 Å². The molecule has 1 saturated heterocycles. The number of halogens is 1. The number of aromatic carboxylic acids is 1. The van der Waals surface area contributed by atoms with Gasteiger partial charge in [-0.25, -0.2) is 9.18 Å². The number of rotatable bonds is 6. The third kappa shape index (κ3) is 5.12. The molecule has 0 bridgehead atoms. The number of para-hydroxylation sites is 1. The third-order valence-corrected chi connectivity index (χ3v) is 5.20. The van der Waals surface area contributed by atoms with E-state index in [1.165, 1.54) is 18.2 Å². The fraction of sp³-hybridized carbons (Fsp3) is 0.364. The van der Waals surface area contributed by atoms with Crippen molar-refractivity contribution in [3.05, 3.63) is 65.5 Å². The molecule has 7 heteroatoms. The van der Waals surface area contributed by atoms with E-state index in [4.69, 9.17) is 4.74 Å². The van der Waals surface area contributed by atoms with Crippen molar-refractivity contribution in [3.63, 3.8) is 0 Å². The van der Waals surface area contributed by atoms with Crippen LogP contribution in [0.3, 0.4) is 0 Å². The van der Waals surface area contributed by atoms with Crippen LogP contribution in [0, 0.1) is 5.82 Å². The minimum atomic E-state index is -1.09. The van der Waals surface area contributed by atoms with Gasteiger partial charge in [0, 0.05) is 31.7 Å². The second-order valence-corrected chi connectivity index (χ2v) is 7.39. The van der Waals surface area contributed by atoms with Crippen LogP contribution in [0.4, 0.5) is 4.39 Å². The number of benzene rings is 2. The van der Waals surface area contributed by atoms with Crippen LogP contribution >= 0.6 is 0 Å². The molecule has 1 N–H and O–H groups in total. The van der Waals surface area contributed by atoms with Crippen molar-refractivity contribution in [1.82, 2.24) is 9.80 Å². The second-order valence-electron chi connectivity index (χ2n) is 7.39. The molecule has 1 aliphatic rings. The number of carbonyl (C=O) groups excluding carboxylic acids is 1. The van der Waals surface area contributed by atoms with Crippen molar-refractivity contribution < 1.29 is 23.8 Å². The van der Waals surface area contributed by atoms with E-state index in [1.807, 2.05) is 6.92 Å². The molecule has 2 aromatic rings. The molecular weight excluding hydrogens is 375 g/mol. The Morgan fingerprint density at radius 2 is 1.76 bits per heavy atom. The summed E-state index contributed by atoms with van der Waals surface area (Å²) in [5.74, 6) is -1.34. The minimum absolute atomic E-state index is 0.0162. The number of hydrogen-bond donors (Lipinski definition) is 1. The fourth-order valence-corrected chi connectivity index (χ4v) is 3.58. The largest absolute Gasteiger partial charge is 0.483 e. The van der Waals surface area contributed by atoms with Crippen LogP contribution in [-0.4, -0.2) is 58.6 Å². The molecular formula is C22H25FN2O4. The second kappa shape index (κ2) is 9.05. The molecule has 154 valence electrons. The maximum absolute atomic E-state index is 13.1. The Hall–Kier alpha value is -2.93. The maximum Gasteiger partial charge on any atom is 0.339 e. The minimum Gasteiger partial charge on any atom is -0.483 e. The zero-order valence-corrected chi connectivity index (χ0v) is 16.5. The summed E-state index contributed by atoms with van der Waals surface area (Å²) in [5.41, 5.74) is 1.06. The van der Waals surface area contributed by atoms with Gasteiger partial charge >= 0.3 is 5.97 Å². The van der Waals surface area contributed by atoms with Gasteiger partial charge in [-0.3, -0.25) is 9.69 Å². The molecule has 0 spiro atoms. The number of piperazine rings is 1. The highest BCUT2D eigenvalue weighted by atomic mass is 19.1.